The number of para-hydroxylation sites is 1. The van der Waals surface area contributed by atoms with Gasteiger partial charge in [0.15, 0.2) is 11.9 Å². The lowest BCUT2D eigenvalue weighted by atomic mass is 10.2. The minimum absolute atomic E-state index is 0.142. The van der Waals surface area contributed by atoms with Gasteiger partial charge in [-0.1, -0.05) is 30.7 Å². The Balaban J connectivity index is 1.92. The third-order valence-electron chi connectivity index (χ3n) is 3.33. The average molecular weight is 307 g/mol. The summed E-state index contributed by atoms with van der Waals surface area (Å²) in [6.45, 7) is 4.03. The molecule has 0 fully saturated rings. The first-order valence-corrected chi connectivity index (χ1v) is 7.96. The third kappa shape index (κ3) is 2.50. The SMILES string of the molecule is CCc1c(C)nc(C2CSc3ccccc3O2)nc1Cl. The van der Waals surface area contributed by atoms with Gasteiger partial charge in [-0.2, -0.15) is 0 Å². The van der Waals surface area contributed by atoms with E-state index in [1.165, 1.54) is 0 Å². The van der Waals surface area contributed by atoms with Crippen LogP contribution in [0, 0.1) is 6.92 Å². The van der Waals surface area contributed by atoms with Gasteiger partial charge in [0, 0.05) is 21.9 Å². The van der Waals surface area contributed by atoms with Crippen molar-refractivity contribution < 1.29 is 4.74 Å². The molecule has 0 saturated carbocycles. The van der Waals surface area contributed by atoms with E-state index in [0.29, 0.717) is 11.0 Å². The maximum absolute atomic E-state index is 6.24. The molecule has 0 saturated heterocycles. The summed E-state index contributed by atoms with van der Waals surface area (Å²) in [7, 11) is 0. The number of hydrogen-bond acceptors (Lipinski definition) is 4. The second kappa shape index (κ2) is 5.62. The molecule has 1 aromatic heterocycles. The summed E-state index contributed by atoms with van der Waals surface area (Å²) < 4.78 is 6.00. The highest BCUT2D eigenvalue weighted by Gasteiger charge is 2.25. The molecule has 3 nitrogen and oxygen atoms in total. The van der Waals surface area contributed by atoms with Gasteiger partial charge in [-0.05, 0) is 25.5 Å². The van der Waals surface area contributed by atoms with E-state index in [1.807, 2.05) is 25.1 Å². The number of halogens is 1. The van der Waals surface area contributed by atoms with Crippen molar-refractivity contribution in [1.82, 2.24) is 9.97 Å². The minimum Gasteiger partial charge on any atom is -0.480 e. The Bertz CT molecular complexity index is 625. The molecule has 1 aliphatic heterocycles. The Morgan fingerprint density at radius 1 is 1.35 bits per heavy atom. The Hall–Kier alpha value is -1.26. The first kappa shape index (κ1) is 13.7. The van der Waals surface area contributed by atoms with Crippen molar-refractivity contribution >= 4 is 23.4 Å². The van der Waals surface area contributed by atoms with Gasteiger partial charge in [-0.25, -0.2) is 9.97 Å². The zero-order valence-electron chi connectivity index (χ0n) is 11.4. The van der Waals surface area contributed by atoms with Crippen molar-refractivity contribution in [2.24, 2.45) is 0 Å². The molecule has 5 heteroatoms. The largest absolute Gasteiger partial charge is 0.480 e. The van der Waals surface area contributed by atoms with E-state index in [4.69, 9.17) is 16.3 Å². The lowest BCUT2D eigenvalue weighted by molar-refractivity contribution is 0.210. The highest BCUT2D eigenvalue weighted by molar-refractivity contribution is 7.99. The predicted molar refractivity (Wildman–Crippen MR) is 81.7 cm³/mol. The summed E-state index contributed by atoms with van der Waals surface area (Å²) in [5, 5.41) is 0.544. The lowest BCUT2D eigenvalue weighted by Crippen LogP contribution is -2.18. The first-order chi connectivity index (χ1) is 9.69. The van der Waals surface area contributed by atoms with Gasteiger partial charge in [0.05, 0.1) is 0 Å². The van der Waals surface area contributed by atoms with Gasteiger partial charge >= 0.3 is 0 Å². The monoisotopic (exact) mass is 306 g/mol. The molecule has 0 radical (unpaired) electrons. The number of ether oxygens (including phenoxy) is 1. The van der Waals surface area contributed by atoms with Crippen molar-refractivity contribution in [3.05, 3.63) is 46.5 Å². The van der Waals surface area contributed by atoms with Gasteiger partial charge in [0.1, 0.15) is 10.9 Å². The van der Waals surface area contributed by atoms with E-state index < -0.39 is 0 Å². The molecule has 2 heterocycles. The number of thioether (sulfide) groups is 1. The van der Waals surface area contributed by atoms with Gasteiger partial charge in [-0.3, -0.25) is 0 Å². The van der Waals surface area contributed by atoms with Crippen molar-refractivity contribution in [2.45, 2.75) is 31.3 Å². The third-order valence-corrected chi connectivity index (χ3v) is 4.76. The van der Waals surface area contributed by atoms with Crippen LogP contribution >= 0.6 is 23.4 Å². The molecular formula is C15H15ClN2OS. The van der Waals surface area contributed by atoms with Crippen LogP contribution in [0.2, 0.25) is 5.15 Å². The summed E-state index contributed by atoms with van der Waals surface area (Å²) in [6.07, 6.45) is 0.700. The van der Waals surface area contributed by atoms with Gasteiger partial charge in [-0.15, -0.1) is 11.8 Å². The average Bonchev–Trinajstić information content (AvgIpc) is 2.46. The fourth-order valence-electron chi connectivity index (χ4n) is 2.27. The number of rotatable bonds is 2. The Labute approximate surface area is 127 Å². The number of nitrogens with zero attached hydrogens (tertiary/aromatic N) is 2. The second-order valence-corrected chi connectivity index (χ2v) is 6.07. The normalized spacial score (nSPS) is 17.4. The zero-order chi connectivity index (χ0) is 14.1. The molecule has 1 aromatic carbocycles. The van der Waals surface area contributed by atoms with Crippen LogP contribution in [0.4, 0.5) is 0 Å². The fourth-order valence-corrected chi connectivity index (χ4v) is 3.61. The molecule has 0 N–H and O–H groups in total. The molecule has 3 rings (SSSR count). The van der Waals surface area contributed by atoms with Crippen LogP contribution in [0.25, 0.3) is 0 Å². The number of aryl methyl sites for hydroxylation is 1. The van der Waals surface area contributed by atoms with Crippen LogP contribution in [0.15, 0.2) is 29.2 Å². The number of aromatic nitrogens is 2. The van der Waals surface area contributed by atoms with Crippen LogP contribution in [0.1, 0.15) is 30.1 Å². The number of fused-ring (bicyclic) bond motifs is 1. The van der Waals surface area contributed by atoms with E-state index in [-0.39, 0.29) is 6.10 Å². The zero-order valence-corrected chi connectivity index (χ0v) is 13.0. The molecule has 0 bridgehead atoms. The maximum Gasteiger partial charge on any atom is 0.171 e. The van der Waals surface area contributed by atoms with E-state index in [2.05, 4.69) is 23.0 Å². The number of benzene rings is 1. The van der Waals surface area contributed by atoms with E-state index in [1.54, 1.807) is 11.8 Å². The molecule has 2 aromatic rings. The molecule has 1 unspecified atom stereocenters. The van der Waals surface area contributed by atoms with E-state index >= 15 is 0 Å². The first-order valence-electron chi connectivity index (χ1n) is 6.60. The molecule has 0 spiro atoms. The summed E-state index contributed by atoms with van der Waals surface area (Å²) in [4.78, 5) is 10.1. The van der Waals surface area contributed by atoms with Gasteiger partial charge in [0.2, 0.25) is 0 Å². The lowest BCUT2D eigenvalue weighted by Gasteiger charge is -2.25. The van der Waals surface area contributed by atoms with Crippen molar-refractivity contribution in [2.75, 3.05) is 5.75 Å². The van der Waals surface area contributed by atoms with Crippen LogP contribution in [0.3, 0.4) is 0 Å². The van der Waals surface area contributed by atoms with Crippen LogP contribution in [-0.4, -0.2) is 15.7 Å². The standard InChI is InChI=1S/C15H15ClN2OS/c1-3-10-9(2)17-15(18-14(10)16)12-8-20-13-7-5-4-6-11(13)19-12/h4-7,12H,3,8H2,1-2H3. The van der Waals surface area contributed by atoms with Gasteiger partial charge < -0.3 is 4.74 Å². The smallest absolute Gasteiger partial charge is 0.171 e. The van der Waals surface area contributed by atoms with Crippen LogP contribution < -0.4 is 4.74 Å². The highest BCUT2D eigenvalue weighted by Crippen LogP contribution is 2.39. The molecule has 0 amide bonds. The number of hydrogen-bond donors (Lipinski definition) is 0. The van der Waals surface area contributed by atoms with Crippen molar-refractivity contribution in [3.63, 3.8) is 0 Å². The summed E-state index contributed by atoms with van der Waals surface area (Å²) >= 11 is 8.01. The maximum atomic E-state index is 6.24. The molecule has 1 aliphatic rings. The summed E-state index contributed by atoms with van der Waals surface area (Å²) in [6, 6.07) is 8.03. The van der Waals surface area contributed by atoms with E-state index in [9.17, 15) is 0 Å². The highest BCUT2D eigenvalue weighted by atomic mass is 35.5. The van der Waals surface area contributed by atoms with Crippen molar-refractivity contribution in [1.29, 1.82) is 0 Å². The van der Waals surface area contributed by atoms with Crippen molar-refractivity contribution in [3.8, 4) is 5.75 Å². The Morgan fingerprint density at radius 3 is 2.90 bits per heavy atom. The Morgan fingerprint density at radius 2 is 2.15 bits per heavy atom. The van der Waals surface area contributed by atoms with Crippen LogP contribution in [0.5, 0.6) is 5.75 Å². The van der Waals surface area contributed by atoms with E-state index in [0.717, 1.165) is 34.1 Å². The fraction of sp³-hybridized carbons (Fsp3) is 0.333. The minimum atomic E-state index is -0.142. The van der Waals surface area contributed by atoms with Gasteiger partial charge in [0.25, 0.3) is 0 Å². The molecule has 1 atom stereocenters. The molecule has 0 aliphatic carbocycles. The predicted octanol–water partition coefficient (Wildman–Crippen LogP) is 4.23. The van der Waals surface area contributed by atoms with Crippen LogP contribution in [-0.2, 0) is 6.42 Å². The molecule has 104 valence electrons. The Kier molecular flexibility index (Phi) is 3.85. The molecule has 20 heavy (non-hydrogen) atoms. The summed E-state index contributed by atoms with van der Waals surface area (Å²) in [5.74, 6) is 2.37. The second-order valence-electron chi connectivity index (χ2n) is 4.65. The summed E-state index contributed by atoms with van der Waals surface area (Å²) in [5.41, 5.74) is 1.95. The molecular weight excluding hydrogens is 292 g/mol. The quantitative estimate of drug-likeness (QED) is 0.778. The topological polar surface area (TPSA) is 35.0 Å².